The molecule has 0 aliphatic carbocycles. The van der Waals surface area contributed by atoms with Crippen molar-refractivity contribution in [1.82, 2.24) is 10.3 Å². The number of aryl methyl sites for hydroxylation is 1. The lowest BCUT2D eigenvalue weighted by Gasteiger charge is -2.09. The highest BCUT2D eigenvalue weighted by Gasteiger charge is 2.04. The van der Waals surface area contributed by atoms with E-state index in [1.165, 1.54) is 0 Å². The Bertz CT molecular complexity index is 311. The summed E-state index contributed by atoms with van der Waals surface area (Å²) in [5, 5.41) is 6.48. The van der Waals surface area contributed by atoms with E-state index in [9.17, 15) is 0 Å². The minimum Gasteiger partial charge on any atom is -0.297 e. The Hall–Kier alpha value is -0.850. The summed E-state index contributed by atoms with van der Waals surface area (Å²) in [4.78, 5) is 4.36. The smallest absolute Gasteiger partial charge is 0.107 e. The Morgan fingerprint density at radius 2 is 2.50 bits per heavy atom. The van der Waals surface area contributed by atoms with Crippen LogP contribution in [0.15, 0.2) is 5.38 Å². The first-order valence-corrected chi connectivity index (χ1v) is 5.74. The maximum Gasteiger partial charge on any atom is 0.107 e. The molecule has 1 aromatic rings. The van der Waals surface area contributed by atoms with Crippen LogP contribution in [0.5, 0.6) is 0 Å². The van der Waals surface area contributed by atoms with Crippen molar-refractivity contribution in [2.45, 2.75) is 39.3 Å². The van der Waals surface area contributed by atoms with E-state index in [0.717, 1.165) is 30.1 Å². The van der Waals surface area contributed by atoms with Crippen molar-refractivity contribution < 1.29 is 0 Å². The van der Waals surface area contributed by atoms with E-state index in [2.05, 4.69) is 28.5 Å². The average Bonchev–Trinajstić information content (AvgIpc) is 2.59. The summed E-state index contributed by atoms with van der Waals surface area (Å²) in [5.41, 5.74) is 1.08. The molecule has 1 unspecified atom stereocenters. The third kappa shape index (κ3) is 3.49. The lowest BCUT2D eigenvalue weighted by molar-refractivity contribution is 0.561. The van der Waals surface area contributed by atoms with E-state index >= 15 is 0 Å². The monoisotopic (exact) mass is 208 g/mol. The van der Waals surface area contributed by atoms with Gasteiger partial charge in [0.25, 0.3) is 0 Å². The molecule has 14 heavy (non-hydrogen) atoms. The van der Waals surface area contributed by atoms with Gasteiger partial charge in [-0.1, -0.05) is 19.3 Å². The molecular formula is C11H16N2S. The molecule has 76 valence electrons. The van der Waals surface area contributed by atoms with Gasteiger partial charge in [-0.15, -0.1) is 17.8 Å². The quantitative estimate of drug-likeness (QED) is 0.751. The van der Waals surface area contributed by atoms with Crippen LogP contribution in [0.4, 0.5) is 0 Å². The Kier molecular flexibility index (Phi) is 4.64. The van der Waals surface area contributed by atoms with Gasteiger partial charge >= 0.3 is 0 Å². The summed E-state index contributed by atoms with van der Waals surface area (Å²) in [6.45, 7) is 4.93. The van der Waals surface area contributed by atoms with Crippen LogP contribution in [-0.2, 0) is 6.54 Å². The zero-order valence-corrected chi connectivity index (χ0v) is 9.53. The molecule has 0 bridgehead atoms. The zero-order chi connectivity index (χ0) is 10.4. The molecule has 0 radical (unpaired) electrons. The van der Waals surface area contributed by atoms with Crippen LogP contribution < -0.4 is 5.32 Å². The number of nitrogens with one attached hydrogen (secondary N) is 1. The van der Waals surface area contributed by atoms with Crippen molar-refractivity contribution in [3.05, 3.63) is 16.1 Å². The van der Waals surface area contributed by atoms with E-state index in [4.69, 9.17) is 6.42 Å². The Morgan fingerprint density at radius 1 is 1.71 bits per heavy atom. The summed E-state index contributed by atoms with van der Waals surface area (Å²) in [5.74, 6) is 2.75. The molecule has 1 N–H and O–H groups in total. The van der Waals surface area contributed by atoms with Gasteiger partial charge in [0.15, 0.2) is 0 Å². The second kappa shape index (κ2) is 5.79. The summed E-state index contributed by atoms with van der Waals surface area (Å²) >= 11 is 1.68. The molecule has 0 aliphatic rings. The molecule has 0 fully saturated rings. The van der Waals surface area contributed by atoms with Crippen LogP contribution in [0, 0.1) is 19.3 Å². The van der Waals surface area contributed by atoms with Gasteiger partial charge in [-0.25, -0.2) is 4.98 Å². The fourth-order valence-electron chi connectivity index (χ4n) is 1.23. The number of hydrogen-bond donors (Lipinski definition) is 1. The maximum absolute atomic E-state index is 5.40. The highest BCUT2D eigenvalue weighted by atomic mass is 32.1. The van der Waals surface area contributed by atoms with Crippen LogP contribution in [-0.4, -0.2) is 11.0 Å². The van der Waals surface area contributed by atoms with Crippen molar-refractivity contribution in [2.24, 2.45) is 0 Å². The molecule has 1 rings (SSSR count). The maximum atomic E-state index is 5.40. The van der Waals surface area contributed by atoms with Crippen LogP contribution >= 0.6 is 11.3 Å². The highest BCUT2D eigenvalue weighted by molar-refractivity contribution is 7.09. The van der Waals surface area contributed by atoms with Crippen molar-refractivity contribution in [2.75, 3.05) is 0 Å². The van der Waals surface area contributed by atoms with Gasteiger partial charge in [0.2, 0.25) is 0 Å². The van der Waals surface area contributed by atoms with E-state index in [-0.39, 0.29) is 6.04 Å². The lowest BCUT2D eigenvalue weighted by atomic mass is 10.2. The van der Waals surface area contributed by atoms with E-state index in [1.807, 2.05) is 6.92 Å². The minimum absolute atomic E-state index is 0.184. The highest BCUT2D eigenvalue weighted by Crippen LogP contribution is 2.08. The molecule has 0 aromatic carbocycles. The Labute approximate surface area is 89.8 Å². The van der Waals surface area contributed by atoms with Crippen LogP contribution in [0.1, 0.15) is 30.5 Å². The molecule has 1 heterocycles. The molecule has 2 nitrogen and oxygen atoms in total. The molecular weight excluding hydrogens is 192 g/mol. The zero-order valence-electron chi connectivity index (χ0n) is 8.71. The number of hydrogen-bond acceptors (Lipinski definition) is 3. The fraction of sp³-hybridized carbons (Fsp3) is 0.545. The first kappa shape index (κ1) is 11.2. The third-order valence-corrected chi connectivity index (χ3v) is 2.91. The second-order valence-corrected chi connectivity index (χ2v) is 4.21. The third-order valence-electron chi connectivity index (χ3n) is 1.94. The molecule has 0 aliphatic heterocycles. The van der Waals surface area contributed by atoms with Crippen LogP contribution in [0.25, 0.3) is 0 Å². The normalized spacial score (nSPS) is 12.4. The molecule has 0 saturated heterocycles. The predicted molar refractivity (Wildman–Crippen MR) is 61.2 cm³/mol. The topological polar surface area (TPSA) is 24.9 Å². The lowest BCUT2D eigenvalue weighted by Crippen LogP contribution is -2.26. The number of thiazole rings is 1. The summed E-state index contributed by atoms with van der Waals surface area (Å²) in [7, 11) is 0. The number of nitrogens with zero attached hydrogens (tertiary/aromatic N) is 1. The minimum atomic E-state index is 0.184. The largest absolute Gasteiger partial charge is 0.297 e. The van der Waals surface area contributed by atoms with Crippen LogP contribution in [0.3, 0.4) is 0 Å². The second-order valence-electron chi connectivity index (χ2n) is 3.27. The number of rotatable bonds is 5. The van der Waals surface area contributed by atoms with Gasteiger partial charge in [-0.3, -0.25) is 5.32 Å². The Morgan fingerprint density at radius 3 is 3.00 bits per heavy atom. The molecule has 1 aromatic heterocycles. The molecule has 1 atom stereocenters. The molecule has 0 saturated carbocycles. The summed E-state index contributed by atoms with van der Waals surface area (Å²) in [6.07, 6.45) is 7.54. The van der Waals surface area contributed by atoms with Gasteiger partial charge in [0, 0.05) is 17.6 Å². The number of aromatic nitrogens is 1. The Balaban J connectivity index is 2.36. The van der Waals surface area contributed by atoms with Gasteiger partial charge < -0.3 is 0 Å². The van der Waals surface area contributed by atoms with Gasteiger partial charge in [-0.05, 0) is 13.3 Å². The van der Waals surface area contributed by atoms with Crippen LogP contribution in [0.2, 0.25) is 0 Å². The number of terminal acetylenes is 1. The van der Waals surface area contributed by atoms with Gasteiger partial charge in [-0.2, -0.15) is 0 Å². The van der Waals surface area contributed by atoms with E-state index < -0.39 is 0 Å². The standard InChI is InChI=1S/C11H16N2S/c1-4-6-10(5-2)12-7-11-13-9(3)8-14-11/h2,8,10,12H,4,6-7H2,1,3H3. The first-order valence-electron chi connectivity index (χ1n) is 4.86. The predicted octanol–water partition coefficient (Wildman–Crippen LogP) is 2.34. The molecule has 0 amide bonds. The molecule has 3 heteroatoms. The van der Waals surface area contributed by atoms with E-state index in [1.54, 1.807) is 11.3 Å². The molecule has 0 spiro atoms. The average molecular weight is 208 g/mol. The van der Waals surface area contributed by atoms with Crippen molar-refractivity contribution in [3.8, 4) is 12.3 Å². The van der Waals surface area contributed by atoms with Gasteiger partial charge in [0.05, 0.1) is 6.04 Å². The fourth-order valence-corrected chi connectivity index (χ4v) is 1.95. The first-order chi connectivity index (χ1) is 6.76. The van der Waals surface area contributed by atoms with E-state index in [0.29, 0.717) is 0 Å². The summed E-state index contributed by atoms with van der Waals surface area (Å²) < 4.78 is 0. The SMILES string of the molecule is C#CC(CCC)NCc1nc(C)cs1. The van der Waals surface area contributed by atoms with Gasteiger partial charge in [0.1, 0.15) is 5.01 Å². The van der Waals surface area contributed by atoms with Crippen molar-refractivity contribution in [1.29, 1.82) is 0 Å². The van der Waals surface area contributed by atoms with Crippen molar-refractivity contribution >= 4 is 11.3 Å². The summed E-state index contributed by atoms with van der Waals surface area (Å²) in [6, 6.07) is 0.184. The van der Waals surface area contributed by atoms with Crippen molar-refractivity contribution in [3.63, 3.8) is 0 Å².